The first-order valence-corrected chi connectivity index (χ1v) is 7.43. The van der Waals surface area contributed by atoms with Crippen molar-refractivity contribution in [2.75, 3.05) is 0 Å². The maximum atomic E-state index is 4.68. The number of rotatable bonds is 2. The van der Waals surface area contributed by atoms with E-state index in [0.29, 0.717) is 0 Å². The van der Waals surface area contributed by atoms with Crippen LogP contribution in [0.2, 0.25) is 0 Å². The van der Waals surface area contributed by atoms with Crippen LogP contribution in [0.5, 0.6) is 0 Å². The van der Waals surface area contributed by atoms with E-state index in [9.17, 15) is 0 Å². The van der Waals surface area contributed by atoms with Gasteiger partial charge in [-0.25, -0.2) is 0 Å². The third kappa shape index (κ3) is 4.12. The SMILES string of the molecule is CCC.CCc1cnc(C(C)(C)C)c(C2CC2)c1. The highest BCUT2D eigenvalue weighted by Gasteiger charge is 2.30. The van der Waals surface area contributed by atoms with Crippen LogP contribution >= 0.6 is 0 Å². The van der Waals surface area contributed by atoms with E-state index in [0.717, 1.165) is 12.3 Å². The van der Waals surface area contributed by atoms with Crippen molar-refractivity contribution in [2.24, 2.45) is 0 Å². The van der Waals surface area contributed by atoms with Crippen LogP contribution in [-0.2, 0) is 11.8 Å². The molecule has 0 aromatic carbocycles. The molecule has 1 aliphatic carbocycles. The second kappa shape index (κ2) is 6.36. The molecule has 1 aromatic rings. The van der Waals surface area contributed by atoms with E-state index in [2.05, 4.69) is 52.6 Å². The summed E-state index contributed by atoms with van der Waals surface area (Å²) < 4.78 is 0. The van der Waals surface area contributed by atoms with E-state index >= 15 is 0 Å². The summed E-state index contributed by atoms with van der Waals surface area (Å²) in [6.45, 7) is 13.2. The van der Waals surface area contributed by atoms with Crippen LogP contribution in [0.1, 0.15) is 83.5 Å². The zero-order chi connectivity index (χ0) is 13.8. The molecule has 0 radical (unpaired) electrons. The molecule has 0 spiro atoms. The fourth-order valence-corrected chi connectivity index (χ4v) is 2.05. The van der Waals surface area contributed by atoms with Gasteiger partial charge in [-0.1, -0.05) is 54.0 Å². The summed E-state index contributed by atoms with van der Waals surface area (Å²) in [7, 11) is 0. The van der Waals surface area contributed by atoms with Gasteiger partial charge < -0.3 is 0 Å². The van der Waals surface area contributed by atoms with E-state index in [-0.39, 0.29) is 5.41 Å². The van der Waals surface area contributed by atoms with E-state index in [1.54, 1.807) is 0 Å². The molecule has 1 saturated carbocycles. The Labute approximate surface area is 113 Å². The standard InChI is InChI=1S/C14H21N.C3H8/c1-5-10-8-12(11-6-7-11)13(15-9-10)14(2,3)4;1-3-2/h8-9,11H,5-7H2,1-4H3;3H2,1-2H3. The molecule has 0 aliphatic heterocycles. The van der Waals surface area contributed by atoms with Gasteiger partial charge in [-0.2, -0.15) is 0 Å². The van der Waals surface area contributed by atoms with Crippen LogP contribution in [0, 0.1) is 0 Å². The van der Waals surface area contributed by atoms with E-state index < -0.39 is 0 Å². The Hall–Kier alpha value is -0.850. The summed E-state index contributed by atoms with van der Waals surface area (Å²) in [5.41, 5.74) is 4.39. The molecule has 0 saturated heterocycles. The molecular weight excluding hydrogens is 218 g/mol. The smallest absolute Gasteiger partial charge is 0.0491 e. The third-order valence-electron chi connectivity index (χ3n) is 3.11. The lowest BCUT2D eigenvalue weighted by molar-refractivity contribution is 0.560. The molecule has 0 atom stereocenters. The molecular formula is C17H29N. The molecule has 1 aliphatic rings. The van der Waals surface area contributed by atoms with Crippen molar-refractivity contribution >= 4 is 0 Å². The zero-order valence-electron chi connectivity index (χ0n) is 13.0. The topological polar surface area (TPSA) is 12.9 Å². The fourth-order valence-electron chi connectivity index (χ4n) is 2.05. The maximum Gasteiger partial charge on any atom is 0.0491 e. The van der Waals surface area contributed by atoms with Gasteiger partial charge in [0, 0.05) is 17.3 Å². The Morgan fingerprint density at radius 2 is 1.72 bits per heavy atom. The van der Waals surface area contributed by atoms with Crippen LogP contribution in [0.25, 0.3) is 0 Å². The van der Waals surface area contributed by atoms with Crippen LogP contribution in [0.4, 0.5) is 0 Å². The molecule has 1 fully saturated rings. The Balaban J connectivity index is 0.000000492. The molecule has 0 bridgehead atoms. The first-order valence-electron chi connectivity index (χ1n) is 7.43. The molecule has 1 heteroatoms. The lowest BCUT2D eigenvalue weighted by Gasteiger charge is -2.22. The van der Waals surface area contributed by atoms with Crippen LogP contribution < -0.4 is 0 Å². The van der Waals surface area contributed by atoms with E-state index in [4.69, 9.17) is 0 Å². The van der Waals surface area contributed by atoms with Crippen molar-refractivity contribution in [3.63, 3.8) is 0 Å². The molecule has 102 valence electrons. The average Bonchev–Trinajstić information content (AvgIpc) is 3.12. The summed E-state index contributed by atoms with van der Waals surface area (Å²) in [6, 6.07) is 2.38. The largest absolute Gasteiger partial charge is 0.260 e. The van der Waals surface area contributed by atoms with Crippen molar-refractivity contribution in [3.05, 3.63) is 29.1 Å². The van der Waals surface area contributed by atoms with Gasteiger partial charge in [-0.05, 0) is 36.3 Å². The van der Waals surface area contributed by atoms with Gasteiger partial charge in [0.1, 0.15) is 0 Å². The van der Waals surface area contributed by atoms with Gasteiger partial charge in [-0.15, -0.1) is 0 Å². The molecule has 1 aromatic heterocycles. The first kappa shape index (κ1) is 15.2. The highest BCUT2D eigenvalue weighted by atomic mass is 14.7. The van der Waals surface area contributed by atoms with Crippen molar-refractivity contribution in [1.29, 1.82) is 0 Å². The highest BCUT2D eigenvalue weighted by molar-refractivity contribution is 5.35. The van der Waals surface area contributed by atoms with E-state index in [1.807, 2.05) is 6.20 Å². The molecule has 1 heterocycles. The van der Waals surface area contributed by atoms with Gasteiger partial charge in [-0.3, -0.25) is 4.98 Å². The van der Waals surface area contributed by atoms with Crippen molar-refractivity contribution < 1.29 is 0 Å². The van der Waals surface area contributed by atoms with Gasteiger partial charge in [0.05, 0.1) is 0 Å². The molecule has 18 heavy (non-hydrogen) atoms. The van der Waals surface area contributed by atoms with Crippen LogP contribution in [0.15, 0.2) is 12.3 Å². The minimum absolute atomic E-state index is 0.185. The van der Waals surface area contributed by atoms with Crippen molar-refractivity contribution in [1.82, 2.24) is 4.98 Å². The number of nitrogens with zero attached hydrogens (tertiary/aromatic N) is 1. The van der Waals surface area contributed by atoms with Crippen molar-refractivity contribution in [3.8, 4) is 0 Å². The van der Waals surface area contributed by atoms with Gasteiger partial charge in [0.15, 0.2) is 0 Å². The second-order valence-corrected chi connectivity index (χ2v) is 6.37. The number of hydrogen-bond donors (Lipinski definition) is 0. The predicted octanol–water partition coefficient (Wildman–Crippen LogP) is 5.24. The minimum atomic E-state index is 0.185. The summed E-state index contributed by atoms with van der Waals surface area (Å²) >= 11 is 0. The Morgan fingerprint density at radius 3 is 2.11 bits per heavy atom. The van der Waals surface area contributed by atoms with Crippen LogP contribution in [-0.4, -0.2) is 4.98 Å². The Kier molecular flexibility index (Phi) is 5.37. The van der Waals surface area contributed by atoms with E-state index in [1.165, 1.54) is 36.1 Å². The minimum Gasteiger partial charge on any atom is -0.260 e. The number of pyridine rings is 1. The molecule has 0 amide bonds. The van der Waals surface area contributed by atoms with Crippen LogP contribution in [0.3, 0.4) is 0 Å². The fraction of sp³-hybridized carbons (Fsp3) is 0.706. The monoisotopic (exact) mass is 247 g/mol. The third-order valence-corrected chi connectivity index (χ3v) is 3.11. The zero-order valence-corrected chi connectivity index (χ0v) is 13.0. The molecule has 0 unspecified atom stereocenters. The lowest BCUT2D eigenvalue weighted by Crippen LogP contribution is -2.16. The summed E-state index contributed by atoms with van der Waals surface area (Å²) in [5.74, 6) is 0.804. The van der Waals surface area contributed by atoms with Gasteiger partial charge in [0.2, 0.25) is 0 Å². The molecule has 1 nitrogen and oxygen atoms in total. The van der Waals surface area contributed by atoms with Gasteiger partial charge >= 0.3 is 0 Å². The first-order chi connectivity index (χ1) is 8.43. The maximum absolute atomic E-state index is 4.68. The van der Waals surface area contributed by atoms with Gasteiger partial charge in [0.25, 0.3) is 0 Å². The lowest BCUT2D eigenvalue weighted by atomic mass is 9.86. The summed E-state index contributed by atoms with van der Waals surface area (Å²) in [4.78, 5) is 4.68. The molecule has 0 N–H and O–H groups in total. The Bertz CT molecular complexity index is 370. The number of hydrogen-bond acceptors (Lipinski definition) is 1. The predicted molar refractivity (Wildman–Crippen MR) is 80.3 cm³/mol. The van der Waals surface area contributed by atoms with Crippen molar-refractivity contribution in [2.45, 2.75) is 78.6 Å². The summed E-state index contributed by atoms with van der Waals surface area (Å²) in [6.07, 6.45) is 7.11. The average molecular weight is 247 g/mol. The molecule has 2 rings (SSSR count). The Morgan fingerprint density at radius 1 is 1.17 bits per heavy atom. The second-order valence-electron chi connectivity index (χ2n) is 6.37. The number of aryl methyl sites for hydroxylation is 1. The number of aromatic nitrogens is 1. The quantitative estimate of drug-likeness (QED) is 0.697. The highest BCUT2D eigenvalue weighted by Crippen LogP contribution is 2.43. The summed E-state index contributed by atoms with van der Waals surface area (Å²) in [5, 5.41) is 0. The normalized spacial score (nSPS) is 15.0.